The van der Waals surface area contributed by atoms with Crippen molar-refractivity contribution in [2.75, 3.05) is 13.2 Å². The Kier molecular flexibility index (Phi) is 3.60. The van der Waals surface area contributed by atoms with Crippen LogP contribution >= 0.6 is 0 Å². The normalized spacial score (nSPS) is 28.8. The zero-order valence-corrected chi connectivity index (χ0v) is 11.7. The van der Waals surface area contributed by atoms with Gasteiger partial charge in [0.1, 0.15) is 0 Å². The molecule has 1 saturated heterocycles. The molecule has 19 heavy (non-hydrogen) atoms. The van der Waals surface area contributed by atoms with Crippen molar-refractivity contribution in [1.29, 1.82) is 0 Å². The Labute approximate surface area is 114 Å². The van der Waals surface area contributed by atoms with Gasteiger partial charge in [-0.25, -0.2) is 8.42 Å². The van der Waals surface area contributed by atoms with E-state index in [1.807, 2.05) is 6.07 Å². The van der Waals surface area contributed by atoms with Gasteiger partial charge in [-0.05, 0) is 25.0 Å². The zero-order chi connectivity index (χ0) is 13.3. The van der Waals surface area contributed by atoms with Gasteiger partial charge < -0.3 is 4.74 Å². The van der Waals surface area contributed by atoms with E-state index in [0.29, 0.717) is 18.0 Å². The molecule has 1 aromatic rings. The molecule has 5 heteroatoms. The van der Waals surface area contributed by atoms with Gasteiger partial charge in [-0.15, -0.1) is 0 Å². The molecule has 0 aromatic heterocycles. The van der Waals surface area contributed by atoms with Crippen LogP contribution < -0.4 is 0 Å². The van der Waals surface area contributed by atoms with E-state index >= 15 is 0 Å². The minimum Gasteiger partial charge on any atom is -0.375 e. The van der Waals surface area contributed by atoms with Crippen LogP contribution in [0.5, 0.6) is 0 Å². The first kappa shape index (κ1) is 13.1. The van der Waals surface area contributed by atoms with Crippen LogP contribution in [0.3, 0.4) is 0 Å². The summed E-state index contributed by atoms with van der Waals surface area (Å²) in [5.41, 5.74) is 0. The Hall–Kier alpha value is -0.910. The minimum atomic E-state index is -3.38. The van der Waals surface area contributed by atoms with Crippen molar-refractivity contribution >= 4 is 10.0 Å². The smallest absolute Gasteiger partial charge is 0.243 e. The first-order valence-electron chi connectivity index (χ1n) is 6.88. The monoisotopic (exact) mass is 281 g/mol. The van der Waals surface area contributed by atoms with Crippen molar-refractivity contribution in [1.82, 2.24) is 4.31 Å². The Morgan fingerprint density at radius 2 is 1.84 bits per heavy atom. The van der Waals surface area contributed by atoms with Gasteiger partial charge in [-0.1, -0.05) is 31.0 Å². The number of hydrogen-bond donors (Lipinski definition) is 0. The Morgan fingerprint density at radius 1 is 1.11 bits per heavy atom. The summed E-state index contributed by atoms with van der Waals surface area (Å²) >= 11 is 0. The number of nitrogens with zero attached hydrogens (tertiary/aromatic N) is 1. The highest BCUT2D eigenvalue weighted by atomic mass is 32.2. The lowest BCUT2D eigenvalue weighted by atomic mass is 9.91. The minimum absolute atomic E-state index is 0.0210. The second-order valence-corrected chi connectivity index (χ2v) is 7.08. The van der Waals surface area contributed by atoms with Crippen LogP contribution in [0.15, 0.2) is 35.2 Å². The number of fused-ring (bicyclic) bond motifs is 1. The maximum atomic E-state index is 12.7. The van der Waals surface area contributed by atoms with Gasteiger partial charge in [0.15, 0.2) is 0 Å². The van der Waals surface area contributed by atoms with Crippen LogP contribution in [-0.2, 0) is 14.8 Å². The molecule has 0 unspecified atom stereocenters. The number of rotatable bonds is 2. The molecular weight excluding hydrogens is 262 g/mol. The van der Waals surface area contributed by atoms with Crippen molar-refractivity contribution in [3.8, 4) is 0 Å². The van der Waals surface area contributed by atoms with Crippen molar-refractivity contribution in [3.63, 3.8) is 0 Å². The van der Waals surface area contributed by atoms with Crippen LogP contribution in [0.4, 0.5) is 0 Å². The standard InChI is InChI=1S/C14H19NO3S/c16-19(17,12-6-2-1-3-7-12)15-10-11-18-14-9-5-4-8-13(14)15/h1-3,6-7,13-14H,4-5,8-11H2/t13-,14+/m0/s1. The van der Waals surface area contributed by atoms with Crippen LogP contribution in [0, 0.1) is 0 Å². The van der Waals surface area contributed by atoms with Gasteiger partial charge in [0.05, 0.1) is 23.6 Å². The van der Waals surface area contributed by atoms with Gasteiger partial charge in [-0.3, -0.25) is 0 Å². The molecule has 104 valence electrons. The molecule has 0 spiro atoms. The number of sulfonamides is 1. The highest BCUT2D eigenvalue weighted by molar-refractivity contribution is 7.89. The topological polar surface area (TPSA) is 46.6 Å². The van der Waals surface area contributed by atoms with E-state index < -0.39 is 10.0 Å². The molecular formula is C14H19NO3S. The summed E-state index contributed by atoms with van der Waals surface area (Å²) in [6.07, 6.45) is 4.20. The maximum Gasteiger partial charge on any atom is 0.243 e. The summed E-state index contributed by atoms with van der Waals surface area (Å²) in [4.78, 5) is 0.390. The fourth-order valence-corrected chi connectivity index (χ4v) is 4.77. The fourth-order valence-electron chi connectivity index (χ4n) is 3.09. The van der Waals surface area contributed by atoms with E-state index in [4.69, 9.17) is 4.74 Å². The summed E-state index contributed by atoms with van der Waals surface area (Å²) in [7, 11) is -3.38. The number of benzene rings is 1. The molecule has 0 radical (unpaired) electrons. The van der Waals surface area contributed by atoms with Crippen molar-refractivity contribution < 1.29 is 13.2 Å². The Bertz CT molecular complexity index is 527. The predicted molar refractivity (Wildman–Crippen MR) is 72.3 cm³/mol. The molecule has 1 aromatic carbocycles. The molecule has 3 rings (SSSR count). The van der Waals surface area contributed by atoms with Crippen molar-refractivity contribution in [2.24, 2.45) is 0 Å². The molecule has 0 amide bonds. The molecule has 1 heterocycles. The van der Waals surface area contributed by atoms with Crippen LogP contribution in [-0.4, -0.2) is 38.0 Å². The molecule has 0 bridgehead atoms. The maximum absolute atomic E-state index is 12.7. The average molecular weight is 281 g/mol. The van der Waals surface area contributed by atoms with Crippen molar-refractivity contribution in [2.45, 2.75) is 42.7 Å². The first-order chi connectivity index (χ1) is 9.19. The molecule has 0 N–H and O–H groups in total. The van der Waals surface area contributed by atoms with Gasteiger partial charge in [-0.2, -0.15) is 4.31 Å². The molecule has 1 aliphatic heterocycles. The predicted octanol–water partition coefficient (Wildman–Crippen LogP) is 2.02. The van der Waals surface area contributed by atoms with Crippen LogP contribution in [0.2, 0.25) is 0 Å². The summed E-state index contributed by atoms with van der Waals surface area (Å²) in [6.45, 7) is 0.978. The lowest BCUT2D eigenvalue weighted by molar-refractivity contribution is -0.0586. The third-order valence-electron chi connectivity index (χ3n) is 4.03. The van der Waals surface area contributed by atoms with E-state index in [-0.39, 0.29) is 12.1 Å². The molecule has 4 nitrogen and oxygen atoms in total. The lowest BCUT2D eigenvalue weighted by Gasteiger charge is -2.42. The molecule has 1 saturated carbocycles. The van der Waals surface area contributed by atoms with E-state index in [1.165, 1.54) is 0 Å². The van der Waals surface area contributed by atoms with E-state index in [0.717, 1.165) is 25.7 Å². The second-order valence-electron chi connectivity index (χ2n) is 5.19. The third-order valence-corrected chi connectivity index (χ3v) is 5.97. The van der Waals surface area contributed by atoms with Crippen LogP contribution in [0.1, 0.15) is 25.7 Å². The van der Waals surface area contributed by atoms with E-state index in [2.05, 4.69) is 0 Å². The van der Waals surface area contributed by atoms with Gasteiger partial charge in [0.25, 0.3) is 0 Å². The fraction of sp³-hybridized carbons (Fsp3) is 0.571. The van der Waals surface area contributed by atoms with Gasteiger partial charge >= 0.3 is 0 Å². The summed E-state index contributed by atoms with van der Waals surface area (Å²) in [5, 5.41) is 0. The average Bonchev–Trinajstić information content (AvgIpc) is 2.47. The summed E-state index contributed by atoms with van der Waals surface area (Å²) < 4.78 is 32.8. The molecule has 2 atom stereocenters. The number of morpholine rings is 1. The number of hydrogen-bond acceptors (Lipinski definition) is 3. The van der Waals surface area contributed by atoms with E-state index in [9.17, 15) is 8.42 Å². The van der Waals surface area contributed by atoms with Gasteiger partial charge in [0.2, 0.25) is 10.0 Å². The Morgan fingerprint density at radius 3 is 2.63 bits per heavy atom. The third kappa shape index (κ3) is 2.42. The Balaban J connectivity index is 1.91. The molecule has 2 aliphatic rings. The highest BCUT2D eigenvalue weighted by Crippen LogP contribution is 2.32. The quantitative estimate of drug-likeness (QED) is 0.833. The van der Waals surface area contributed by atoms with Gasteiger partial charge in [0, 0.05) is 6.54 Å². The summed E-state index contributed by atoms with van der Waals surface area (Å²) in [6, 6.07) is 8.73. The first-order valence-corrected chi connectivity index (χ1v) is 8.32. The molecule has 2 fully saturated rings. The van der Waals surface area contributed by atoms with E-state index in [1.54, 1.807) is 28.6 Å². The summed E-state index contributed by atoms with van der Waals surface area (Å²) in [5.74, 6) is 0. The van der Waals surface area contributed by atoms with Crippen LogP contribution in [0.25, 0.3) is 0 Å². The SMILES string of the molecule is O=S(=O)(c1ccccc1)N1CCO[C@@H]2CCCC[C@@H]21. The second kappa shape index (κ2) is 5.23. The highest BCUT2D eigenvalue weighted by Gasteiger charge is 2.40. The zero-order valence-electron chi connectivity index (χ0n) is 10.9. The van der Waals surface area contributed by atoms with Crippen molar-refractivity contribution in [3.05, 3.63) is 30.3 Å². The number of ether oxygens (including phenoxy) is 1. The molecule has 1 aliphatic carbocycles. The largest absolute Gasteiger partial charge is 0.375 e. The lowest BCUT2D eigenvalue weighted by Crippen LogP contribution is -2.54.